The van der Waals surface area contributed by atoms with Gasteiger partial charge in [0, 0.05) is 22.8 Å². The van der Waals surface area contributed by atoms with Crippen LogP contribution in [-0.4, -0.2) is 15.9 Å². The van der Waals surface area contributed by atoms with Crippen LogP contribution in [0.3, 0.4) is 0 Å². The number of aromatic nitrogens is 2. The van der Waals surface area contributed by atoms with Crippen molar-refractivity contribution in [2.45, 2.75) is 26.9 Å². The molecule has 0 aliphatic rings. The molecule has 1 amide bonds. The molecular weight excluding hydrogens is 415 g/mol. The Bertz CT molecular complexity index is 1350. The Labute approximate surface area is 183 Å². The molecule has 162 valence electrons. The quantitative estimate of drug-likeness (QED) is 0.400. The minimum Gasteiger partial charge on any atom is -0.322 e. The predicted octanol–water partition coefficient (Wildman–Crippen LogP) is 6.49. The van der Waals surface area contributed by atoms with Crippen molar-refractivity contribution in [3.05, 3.63) is 88.9 Å². The van der Waals surface area contributed by atoms with Gasteiger partial charge in [-0.3, -0.25) is 4.79 Å². The van der Waals surface area contributed by atoms with E-state index in [1.165, 1.54) is 6.07 Å². The number of alkyl halides is 3. The van der Waals surface area contributed by atoms with Crippen LogP contribution in [-0.2, 0) is 6.18 Å². The lowest BCUT2D eigenvalue weighted by molar-refractivity contribution is -0.137. The van der Waals surface area contributed by atoms with Crippen molar-refractivity contribution in [1.29, 1.82) is 0 Å². The topological polar surface area (TPSA) is 54.9 Å². The molecule has 4 rings (SSSR count). The second-order valence-electron chi connectivity index (χ2n) is 7.70. The van der Waals surface area contributed by atoms with Gasteiger partial charge in [-0.2, -0.15) is 13.2 Å². The van der Waals surface area contributed by atoms with E-state index < -0.39 is 17.6 Å². The number of hydrogen-bond donors (Lipinski definition) is 1. The van der Waals surface area contributed by atoms with Crippen molar-refractivity contribution in [2.24, 2.45) is 0 Å². The molecule has 0 fully saturated rings. The second-order valence-corrected chi connectivity index (χ2v) is 7.70. The van der Waals surface area contributed by atoms with Crippen LogP contribution in [0.4, 0.5) is 18.9 Å². The summed E-state index contributed by atoms with van der Waals surface area (Å²) in [6.45, 7) is 5.41. The standard InChI is InChI=1S/C25H20F3N3O/c1-14-4-6-18(24(32)31-23-12-20(25(26,27)28)8-5-15(23)2)11-21(14)17-7-9-22-19(10-17)13-29-16(3)30-22/h4-13H,1-3H3,(H,31,32). The maximum Gasteiger partial charge on any atom is 0.416 e. The van der Waals surface area contributed by atoms with Crippen LogP contribution in [0.15, 0.2) is 60.8 Å². The van der Waals surface area contributed by atoms with Crippen LogP contribution in [0.2, 0.25) is 0 Å². The molecule has 0 bridgehead atoms. The van der Waals surface area contributed by atoms with E-state index in [-0.39, 0.29) is 5.69 Å². The lowest BCUT2D eigenvalue weighted by Gasteiger charge is -2.14. The Hall–Kier alpha value is -3.74. The Kier molecular flexibility index (Phi) is 5.42. The third-order valence-electron chi connectivity index (χ3n) is 5.32. The summed E-state index contributed by atoms with van der Waals surface area (Å²) in [7, 11) is 0. The highest BCUT2D eigenvalue weighted by atomic mass is 19.4. The number of nitrogens with one attached hydrogen (secondary N) is 1. The molecule has 1 N–H and O–H groups in total. The van der Waals surface area contributed by atoms with Crippen LogP contribution in [0.5, 0.6) is 0 Å². The Morgan fingerprint density at radius 3 is 2.41 bits per heavy atom. The van der Waals surface area contributed by atoms with Gasteiger partial charge in [-0.15, -0.1) is 0 Å². The highest BCUT2D eigenvalue weighted by Crippen LogP contribution is 2.32. The molecule has 4 aromatic rings. The van der Waals surface area contributed by atoms with E-state index in [1.54, 1.807) is 25.3 Å². The van der Waals surface area contributed by atoms with E-state index in [9.17, 15) is 18.0 Å². The summed E-state index contributed by atoms with van der Waals surface area (Å²) in [5, 5.41) is 3.49. The minimum atomic E-state index is -4.48. The normalized spacial score (nSPS) is 11.6. The fourth-order valence-electron chi connectivity index (χ4n) is 3.50. The van der Waals surface area contributed by atoms with E-state index >= 15 is 0 Å². The monoisotopic (exact) mass is 435 g/mol. The molecule has 3 aromatic carbocycles. The first-order valence-electron chi connectivity index (χ1n) is 9.95. The molecule has 0 aliphatic carbocycles. The molecule has 0 spiro atoms. The van der Waals surface area contributed by atoms with Crippen LogP contribution >= 0.6 is 0 Å². The molecular formula is C25H20F3N3O. The Morgan fingerprint density at radius 1 is 0.906 bits per heavy atom. The number of nitrogens with zero attached hydrogens (tertiary/aromatic N) is 2. The molecule has 4 nitrogen and oxygen atoms in total. The van der Waals surface area contributed by atoms with Crippen LogP contribution < -0.4 is 5.32 Å². The number of rotatable bonds is 3. The number of carbonyl (C=O) groups excluding carboxylic acids is 1. The molecule has 0 unspecified atom stereocenters. The fraction of sp³-hybridized carbons (Fsp3) is 0.160. The highest BCUT2D eigenvalue weighted by Gasteiger charge is 2.31. The van der Waals surface area contributed by atoms with Gasteiger partial charge in [-0.1, -0.05) is 18.2 Å². The summed E-state index contributed by atoms with van der Waals surface area (Å²) in [4.78, 5) is 21.5. The van der Waals surface area contributed by atoms with Crippen molar-refractivity contribution < 1.29 is 18.0 Å². The number of benzene rings is 3. The van der Waals surface area contributed by atoms with Crippen molar-refractivity contribution in [3.63, 3.8) is 0 Å². The fourth-order valence-corrected chi connectivity index (χ4v) is 3.50. The Balaban J connectivity index is 1.67. The van der Waals surface area contributed by atoms with Crippen LogP contribution in [0, 0.1) is 20.8 Å². The number of halogens is 3. The summed E-state index contributed by atoms with van der Waals surface area (Å²) >= 11 is 0. The molecule has 1 aromatic heterocycles. The van der Waals surface area contributed by atoms with E-state index in [0.29, 0.717) is 17.0 Å². The lowest BCUT2D eigenvalue weighted by Crippen LogP contribution is -2.14. The first-order valence-corrected chi connectivity index (χ1v) is 9.95. The number of aryl methyl sites for hydroxylation is 3. The van der Waals surface area contributed by atoms with Crippen molar-refractivity contribution in [2.75, 3.05) is 5.32 Å². The van der Waals surface area contributed by atoms with Gasteiger partial charge in [-0.25, -0.2) is 9.97 Å². The van der Waals surface area contributed by atoms with E-state index in [2.05, 4.69) is 15.3 Å². The number of fused-ring (bicyclic) bond motifs is 1. The third kappa shape index (κ3) is 4.32. The average Bonchev–Trinajstić information content (AvgIpc) is 2.74. The van der Waals surface area contributed by atoms with Gasteiger partial charge < -0.3 is 5.32 Å². The molecule has 0 saturated carbocycles. The second kappa shape index (κ2) is 8.07. The SMILES string of the molecule is Cc1ncc2cc(-c3cc(C(=O)Nc4cc(C(F)(F)F)ccc4C)ccc3C)ccc2n1. The predicted molar refractivity (Wildman–Crippen MR) is 119 cm³/mol. The highest BCUT2D eigenvalue weighted by molar-refractivity contribution is 6.05. The molecule has 0 saturated heterocycles. The van der Waals surface area contributed by atoms with Crippen LogP contribution in [0.25, 0.3) is 22.0 Å². The van der Waals surface area contributed by atoms with Gasteiger partial charge in [0.15, 0.2) is 0 Å². The molecule has 0 radical (unpaired) electrons. The van der Waals surface area contributed by atoms with Crippen molar-refractivity contribution in [1.82, 2.24) is 9.97 Å². The van der Waals surface area contributed by atoms with Gasteiger partial charge in [0.1, 0.15) is 5.82 Å². The first-order chi connectivity index (χ1) is 15.1. The molecule has 1 heterocycles. The molecule has 7 heteroatoms. The van der Waals surface area contributed by atoms with E-state index in [1.807, 2.05) is 38.1 Å². The smallest absolute Gasteiger partial charge is 0.322 e. The molecule has 32 heavy (non-hydrogen) atoms. The maximum atomic E-state index is 13.1. The zero-order valence-electron chi connectivity index (χ0n) is 17.7. The molecule has 0 atom stereocenters. The summed E-state index contributed by atoms with van der Waals surface area (Å²) in [5.41, 5.74) is 3.75. The van der Waals surface area contributed by atoms with Gasteiger partial charge in [-0.05, 0) is 79.4 Å². The van der Waals surface area contributed by atoms with E-state index in [4.69, 9.17) is 0 Å². The lowest BCUT2D eigenvalue weighted by atomic mass is 9.96. The Morgan fingerprint density at radius 2 is 1.66 bits per heavy atom. The average molecular weight is 435 g/mol. The van der Waals surface area contributed by atoms with E-state index in [0.717, 1.165) is 39.7 Å². The minimum absolute atomic E-state index is 0.130. The molecule has 0 aliphatic heterocycles. The van der Waals surface area contributed by atoms with Gasteiger partial charge in [0.2, 0.25) is 0 Å². The largest absolute Gasteiger partial charge is 0.416 e. The van der Waals surface area contributed by atoms with Gasteiger partial charge in [0.25, 0.3) is 5.91 Å². The third-order valence-corrected chi connectivity index (χ3v) is 5.32. The number of hydrogen-bond acceptors (Lipinski definition) is 3. The first kappa shape index (κ1) is 21.5. The summed E-state index contributed by atoms with van der Waals surface area (Å²) < 4.78 is 39.2. The zero-order valence-corrected chi connectivity index (χ0v) is 17.7. The zero-order chi connectivity index (χ0) is 23.0. The number of carbonyl (C=O) groups is 1. The summed E-state index contributed by atoms with van der Waals surface area (Å²) in [5.74, 6) is 0.207. The summed E-state index contributed by atoms with van der Waals surface area (Å²) in [6.07, 6.45) is -2.73. The van der Waals surface area contributed by atoms with Gasteiger partial charge >= 0.3 is 6.18 Å². The maximum absolute atomic E-state index is 13.1. The van der Waals surface area contributed by atoms with Crippen molar-refractivity contribution in [3.8, 4) is 11.1 Å². The summed E-state index contributed by atoms with van der Waals surface area (Å²) in [6, 6.07) is 14.3. The number of anilines is 1. The van der Waals surface area contributed by atoms with Crippen molar-refractivity contribution >= 4 is 22.5 Å². The van der Waals surface area contributed by atoms with Crippen LogP contribution in [0.1, 0.15) is 32.9 Å². The number of amides is 1. The van der Waals surface area contributed by atoms with Gasteiger partial charge in [0.05, 0.1) is 11.1 Å².